The van der Waals surface area contributed by atoms with Gasteiger partial charge in [-0.05, 0) is 60.7 Å². The molecule has 1 aromatic heterocycles. The SMILES string of the molecule is COc1c(C2CC3CCCCC3CC2C(=O)Nc2ccnc(SN)c2)ccc(F)c1F. The highest BCUT2D eigenvalue weighted by molar-refractivity contribution is 7.97. The number of nitrogens with one attached hydrogen (secondary N) is 1. The lowest BCUT2D eigenvalue weighted by atomic mass is 9.61. The number of nitrogens with two attached hydrogens (primary N) is 1. The Morgan fingerprint density at radius 1 is 1.19 bits per heavy atom. The normalized spacial score (nSPS) is 25.5. The minimum Gasteiger partial charge on any atom is -0.493 e. The molecule has 1 amide bonds. The van der Waals surface area contributed by atoms with E-state index >= 15 is 0 Å². The average molecular weight is 448 g/mol. The molecule has 2 saturated carbocycles. The van der Waals surface area contributed by atoms with Crippen LogP contribution in [-0.2, 0) is 4.79 Å². The van der Waals surface area contributed by atoms with E-state index in [1.54, 1.807) is 24.4 Å². The van der Waals surface area contributed by atoms with Gasteiger partial charge in [0.25, 0.3) is 0 Å². The molecule has 2 fully saturated rings. The molecule has 31 heavy (non-hydrogen) atoms. The van der Waals surface area contributed by atoms with Crippen molar-refractivity contribution in [1.82, 2.24) is 4.98 Å². The number of ether oxygens (including phenoxy) is 1. The highest BCUT2D eigenvalue weighted by Crippen LogP contribution is 2.51. The van der Waals surface area contributed by atoms with Crippen LogP contribution in [0, 0.1) is 29.4 Å². The van der Waals surface area contributed by atoms with Gasteiger partial charge in [0.2, 0.25) is 11.7 Å². The molecule has 0 aliphatic heterocycles. The van der Waals surface area contributed by atoms with Gasteiger partial charge in [-0.15, -0.1) is 0 Å². The van der Waals surface area contributed by atoms with E-state index < -0.39 is 11.6 Å². The maximum Gasteiger partial charge on any atom is 0.228 e. The second-order valence-corrected chi connectivity index (χ2v) is 9.12. The number of pyridine rings is 1. The summed E-state index contributed by atoms with van der Waals surface area (Å²) in [6, 6.07) is 6.14. The van der Waals surface area contributed by atoms with Crippen LogP contribution in [0.5, 0.6) is 5.75 Å². The third kappa shape index (κ3) is 4.55. The van der Waals surface area contributed by atoms with Gasteiger partial charge in [0, 0.05) is 23.4 Å². The molecule has 3 N–H and O–H groups in total. The number of benzene rings is 1. The fourth-order valence-electron chi connectivity index (χ4n) is 5.35. The zero-order valence-corrected chi connectivity index (χ0v) is 18.3. The Morgan fingerprint density at radius 3 is 2.65 bits per heavy atom. The summed E-state index contributed by atoms with van der Waals surface area (Å²) in [5, 5.41) is 9.18. The quantitative estimate of drug-likeness (QED) is 0.611. The Kier molecular flexibility index (Phi) is 6.77. The molecule has 2 aliphatic rings. The van der Waals surface area contributed by atoms with Gasteiger partial charge in [-0.1, -0.05) is 31.7 Å². The summed E-state index contributed by atoms with van der Waals surface area (Å²) in [6.45, 7) is 0. The van der Waals surface area contributed by atoms with Crippen molar-refractivity contribution < 1.29 is 18.3 Å². The van der Waals surface area contributed by atoms with Gasteiger partial charge >= 0.3 is 0 Å². The van der Waals surface area contributed by atoms with Crippen molar-refractivity contribution in [2.75, 3.05) is 12.4 Å². The van der Waals surface area contributed by atoms with Crippen LogP contribution < -0.4 is 15.2 Å². The molecule has 0 radical (unpaired) electrons. The number of rotatable bonds is 5. The molecule has 5 nitrogen and oxygen atoms in total. The maximum absolute atomic E-state index is 14.5. The molecule has 166 valence electrons. The Hall–Kier alpha value is -2.19. The van der Waals surface area contributed by atoms with Gasteiger partial charge in [0.05, 0.1) is 7.11 Å². The third-order valence-corrected chi connectivity index (χ3v) is 7.27. The smallest absolute Gasteiger partial charge is 0.228 e. The first-order chi connectivity index (χ1) is 15.0. The summed E-state index contributed by atoms with van der Waals surface area (Å²) in [6.07, 6.45) is 7.67. The van der Waals surface area contributed by atoms with Crippen molar-refractivity contribution in [1.29, 1.82) is 0 Å². The minimum absolute atomic E-state index is 0.0946. The van der Waals surface area contributed by atoms with Crippen molar-refractivity contribution >= 4 is 23.5 Å². The number of methoxy groups -OCH3 is 1. The van der Waals surface area contributed by atoms with E-state index in [4.69, 9.17) is 9.88 Å². The van der Waals surface area contributed by atoms with Gasteiger partial charge in [-0.2, -0.15) is 4.39 Å². The molecular formula is C23H27F2N3O2S. The van der Waals surface area contributed by atoms with Crippen LogP contribution in [0.25, 0.3) is 0 Å². The summed E-state index contributed by atoms with van der Waals surface area (Å²) in [5.41, 5.74) is 1.19. The fraction of sp³-hybridized carbons (Fsp3) is 0.478. The van der Waals surface area contributed by atoms with E-state index in [-0.39, 0.29) is 23.5 Å². The van der Waals surface area contributed by atoms with Crippen LogP contribution in [0.2, 0.25) is 0 Å². The van der Waals surface area contributed by atoms with Crippen LogP contribution >= 0.6 is 11.9 Å². The first-order valence-electron chi connectivity index (χ1n) is 10.7. The Labute approximate surface area is 185 Å². The van der Waals surface area contributed by atoms with Crippen LogP contribution in [0.15, 0.2) is 35.5 Å². The molecule has 4 rings (SSSR count). The van der Waals surface area contributed by atoms with E-state index in [9.17, 15) is 13.6 Å². The fourth-order valence-corrected chi connectivity index (χ4v) is 5.67. The van der Waals surface area contributed by atoms with E-state index in [1.807, 2.05) is 0 Å². The molecule has 4 atom stereocenters. The number of amides is 1. The van der Waals surface area contributed by atoms with Gasteiger partial charge in [-0.3, -0.25) is 9.93 Å². The zero-order chi connectivity index (χ0) is 22.0. The van der Waals surface area contributed by atoms with E-state index in [1.165, 1.54) is 20.0 Å². The zero-order valence-electron chi connectivity index (χ0n) is 17.4. The van der Waals surface area contributed by atoms with Crippen LogP contribution in [0.3, 0.4) is 0 Å². The number of anilines is 1. The lowest BCUT2D eigenvalue weighted by molar-refractivity contribution is -0.122. The van der Waals surface area contributed by atoms with Crippen molar-refractivity contribution in [2.24, 2.45) is 22.9 Å². The first-order valence-corrected chi connectivity index (χ1v) is 11.5. The first kappa shape index (κ1) is 22.0. The average Bonchev–Trinajstić information content (AvgIpc) is 2.80. The van der Waals surface area contributed by atoms with Crippen LogP contribution in [-0.4, -0.2) is 18.0 Å². The van der Waals surface area contributed by atoms with Crippen molar-refractivity contribution in [3.8, 4) is 5.75 Å². The monoisotopic (exact) mass is 447 g/mol. The highest BCUT2D eigenvalue weighted by Gasteiger charge is 2.43. The highest BCUT2D eigenvalue weighted by atomic mass is 32.2. The topological polar surface area (TPSA) is 77.2 Å². The molecule has 2 aliphatic carbocycles. The second-order valence-electron chi connectivity index (χ2n) is 8.46. The Morgan fingerprint density at radius 2 is 1.94 bits per heavy atom. The van der Waals surface area contributed by atoms with E-state index in [0.717, 1.165) is 43.7 Å². The number of halogens is 2. The van der Waals surface area contributed by atoms with Crippen molar-refractivity contribution in [3.05, 3.63) is 47.7 Å². The Bertz CT molecular complexity index is 958. The lowest BCUT2D eigenvalue weighted by Gasteiger charge is -2.43. The van der Waals surface area contributed by atoms with Crippen molar-refractivity contribution in [2.45, 2.75) is 49.5 Å². The summed E-state index contributed by atoms with van der Waals surface area (Å²) in [5.74, 6) is -1.80. The molecule has 2 aromatic rings. The Balaban J connectivity index is 1.67. The number of nitrogens with zero attached hydrogens (tertiary/aromatic N) is 1. The molecule has 8 heteroatoms. The predicted molar refractivity (Wildman–Crippen MR) is 117 cm³/mol. The molecular weight excluding hydrogens is 420 g/mol. The van der Waals surface area contributed by atoms with Crippen molar-refractivity contribution in [3.63, 3.8) is 0 Å². The standard InChI is InChI=1S/C23H27F2N3O2S/c1-30-22-16(6-7-19(24)21(22)25)17-10-13-4-2-3-5-14(13)11-18(17)23(29)28-15-8-9-27-20(12-15)31-26/h6-9,12-14,17-18H,2-5,10-11,26H2,1H3,(H,27,28,29). The van der Waals surface area contributed by atoms with Crippen LogP contribution in [0.4, 0.5) is 14.5 Å². The molecule has 0 spiro atoms. The predicted octanol–water partition coefficient (Wildman–Crippen LogP) is 5.27. The lowest BCUT2D eigenvalue weighted by Crippen LogP contribution is -2.39. The third-order valence-electron chi connectivity index (χ3n) is 6.81. The van der Waals surface area contributed by atoms with Gasteiger partial charge in [0.15, 0.2) is 11.6 Å². The molecule has 1 aromatic carbocycles. The second kappa shape index (κ2) is 9.53. The number of aromatic nitrogens is 1. The molecule has 0 saturated heterocycles. The number of hydrogen-bond donors (Lipinski definition) is 2. The summed E-state index contributed by atoms with van der Waals surface area (Å²) >= 11 is 1.01. The van der Waals surface area contributed by atoms with Gasteiger partial charge in [-0.25, -0.2) is 9.37 Å². The molecule has 4 unspecified atom stereocenters. The van der Waals surface area contributed by atoms with E-state index in [2.05, 4.69) is 10.3 Å². The van der Waals surface area contributed by atoms with E-state index in [0.29, 0.717) is 28.1 Å². The van der Waals surface area contributed by atoms with Gasteiger partial charge in [0.1, 0.15) is 5.03 Å². The summed E-state index contributed by atoms with van der Waals surface area (Å²) < 4.78 is 33.6. The van der Waals surface area contributed by atoms with Gasteiger partial charge < -0.3 is 10.1 Å². The molecule has 1 heterocycles. The number of hydrogen-bond acceptors (Lipinski definition) is 5. The minimum atomic E-state index is -0.997. The maximum atomic E-state index is 14.5. The van der Waals surface area contributed by atoms with Crippen LogP contribution in [0.1, 0.15) is 50.0 Å². The largest absolute Gasteiger partial charge is 0.493 e. The number of carbonyl (C=O) groups excluding carboxylic acids is 1. The molecule has 0 bridgehead atoms. The summed E-state index contributed by atoms with van der Waals surface area (Å²) in [7, 11) is 1.34. The number of carbonyl (C=O) groups is 1. The summed E-state index contributed by atoms with van der Waals surface area (Å²) in [4.78, 5) is 17.5. The number of fused-ring (bicyclic) bond motifs is 1.